The topological polar surface area (TPSA) is 201 Å². The molecule has 54 heavy (non-hydrogen) atoms. The van der Waals surface area contributed by atoms with Crippen molar-refractivity contribution in [2.75, 3.05) is 7.11 Å². The van der Waals surface area contributed by atoms with E-state index in [1.807, 2.05) is 58.0 Å². The highest BCUT2D eigenvalue weighted by molar-refractivity contribution is 5.92. The number of amides is 5. The number of ether oxygens (including phenoxy) is 2. The molecule has 14 nitrogen and oxygen atoms in total. The Kier molecular flexibility index (Phi) is 20.3. The second-order valence-electron chi connectivity index (χ2n) is 16.2. The van der Waals surface area contributed by atoms with Gasteiger partial charge in [-0.15, -0.1) is 0 Å². The van der Waals surface area contributed by atoms with Gasteiger partial charge in [0.15, 0.2) is 0 Å². The average molecular weight is 762 g/mol. The van der Waals surface area contributed by atoms with Crippen LogP contribution in [0.2, 0.25) is 0 Å². The number of hydrogen-bond acceptors (Lipinski definition) is 9. The van der Waals surface area contributed by atoms with E-state index in [-0.39, 0.29) is 42.9 Å². The Morgan fingerprint density at radius 3 is 1.80 bits per heavy atom. The smallest absolute Gasteiger partial charge is 0.408 e. The Hall–Kier alpha value is -4.20. The average Bonchev–Trinajstić information content (AvgIpc) is 3.08. The highest BCUT2D eigenvalue weighted by Gasteiger charge is 2.34. The van der Waals surface area contributed by atoms with Gasteiger partial charge in [0.2, 0.25) is 23.6 Å². The number of aliphatic hydroxyl groups is 1. The second-order valence-corrected chi connectivity index (χ2v) is 16.2. The molecule has 5 amide bonds. The van der Waals surface area contributed by atoms with Crippen LogP contribution in [0.1, 0.15) is 107 Å². The first-order valence-electron chi connectivity index (χ1n) is 19.1. The van der Waals surface area contributed by atoms with Crippen molar-refractivity contribution in [3.63, 3.8) is 0 Å². The number of benzene rings is 1. The van der Waals surface area contributed by atoms with Gasteiger partial charge in [-0.2, -0.15) is 0 Å². The van der Waals surface area contributed by atoms with Crippen molar-refractivity contribution in [2.45, 2.75) is 150 Å². The lowest BCUT2D eigenvalue weighted by Gasteiger charge is -2.30. The van der Waals surface area contributed by atoms with Crippen LogP contribution in [0.15, 0.2) is 30.3 Å². The Balaban J connectivity index is 3.18. The lowest BCUT2D eigenvalue weighted by molar-refractivity contribution is -0.147. The summed E-state index contributed by atoms with van der Waals surface area (Å²) in [5, 5.41) is 25.2. The van der Waals surface area contributed by atoms with Crippen LogP contribution in [0.25, 0.3) is 0 Å². The normalized spacial score (nSPS) is 15.6. The molecule has 0 aliphatic heterocycles. The molecule has 306 valence electrons. The van der Waals surface area contributed by atoms with Gasteiger partial charge >= 0.3 is 12.1 Å². The van der Waals surface area contributed by atoms with Gasteiger partial charge in [0.1, 0.15) is 29.8 Å². The molecule has 0 saturated heterocycles. The van der Waals surface area contributed by atoms with Gasteiger partial charge in [-0.1, -0.05) is 92.1 Å². The van der Waals surface area contributed by atoms with E-state index in [0.717, 1.165) is 5.56 Å². The molecule has 0 bridgehead atoms. The summed E-state index contributed by atoms with van der Waals surface area (Å²) in [6.07, 6.45) is -1.05. The highest BCUT2D eigenvalue weighted by Crippen LogP contribution is 2.16. The van der Waals surface area contributed by atoms with Crippen LogP contribution in [0.4, 0.5) is 4.79 Å². The molecular formula is C40H67N5O9. The number of carbonyl (C=O) groups is 6. The summed E-state index contributed by atoms with van der Waals surface area (Å²) in [6.45, 7) is 19.8. The third-order valence-electron chi connectivity index (χ3n) is 8.95. The van der Waals surface area contributed by atoms with Crippen molar-refractivity contribution >= 4 is 35.7 Å². The van der Waals surface area contributed by atoms with Crippen LogP contribution < -0.4 is 26.6 Å². The first kappa shape index (κ1) is 47.8. The standard InChI is InChI=1S/C40H67N5O9/c1-13-26(8)34(37(50)45-33(25(6)7)38(51)53-12)43-31(47)20-19-30(46)28(22-27-17-15-14-16-18-27)41-36(49)32(24(4)5)44-35(48)29(21-23(2)3)42-39(52)54-40(9,10)11/h14-18,23-26,28-30,32-34,46H,13,19-22H2,1-12H3,(H,41,49)(H,42,52)(H,43,47)(H,44,48)(H,45,50)/t26-,28?,29-,30?,32-,33-,34-/m0/s1. The number of carbonyl (C=O) groups excluding carboxylic acids is 6. The van der Waals surface area contributed by atoms with Gasteiger partial charge in [-0.3, -0.25) is 19.2 Å². The number of aliphatic hydroxyl groups excluding tert-OH is 1. The lowest BCUT2D eigenvalue weighted by atomic mass is 9.95. The number of rotatable bonds is 21. The van der Waals surface area contributed by atoms with E-state index >= 15 is 0 Å². The van der Waals surface area contributed by atoms with Gasteiger partial charge in [-0.25, -0.2) is 9.59 Å². The van der Waals surface area contributed by atoms with Crippen molar-refractivity contribution < 1.29 is 43.3 Å². The molecule has 6 N–H and O–H groups in total. The highest BCUT2D eigenvalue weighted by atomic mass is 16.6. The van der Waals surface area contributed by atoms with E-state index in [9.17, 15) is 33.9 Å². The fraction of sp³-hybridized carbons (Fsp3) is 0.700. The summed E-state index contributed by atoms with van der Waals surface area (Å²) in [5.41, 5.74) is 0.0555. The third kappa shape index (κ3) is 17.3. The molecule has 0 aromatic heterocycles. The molecule has 0 aliphatic carbocycles. The lowest BCUT2D eigenvalue weighted by Crippen LogP contribution is -2.58. The minimum absolute atomic E-state index is 0.0382. The summed E-state index contributed by atoms with van der Waals surface area (Å²) in [7, 11) is 1.24. The molecule has 0 heterocycles. The molecule has 0 saturated carbocycles. The molecule has 0 radical (unpaired) electrons. The van der Waals surface area contributed by atoms with Gasteiger partial charge in [0, 0.05) is 6.42 Å². The number of esters is 1. The Morgan fingerprint density at radius 1 is 0.741 bits per heavy atom. The van der Waals surface area contributed by atoms with Crippen molar-refractivity contribution in [1.82, 2.24) is 26.6 Å². The number of alkyl carbamates (subject to hydrolysis) is 1. The molecule has 1 aromatic carbocycles. The summed E-state index contributed by atoms with van der Waals surface area (Å²) in [4.78, 5) is 78.8. The third-order valence-corrected chi connectivity index (χ3v) is 8.95. The molecule has 0 spiro atoms. The molecule has 0 fully saturated rings. The van der Waals surface area contributed by atoms with Crippen LogP contribution in [0, 0.1) is 23.7 Å². The number of hydrogen-bond donors (Lipinski definition) is 6. The van der Waals surface area contributed by atoms with Crippen LogP contribution in [-0.4, -0.2) is 89.8 Å². The van der Waals surface area contributed by atoms with Crippen molar-refractivity contribution in [3.05, 3.63) is 35.9 Å². The Labute approximate surface area is 322 Å². The van der Waals surface area contributed by atoms with Gasteiger partial charge < -0.3 is 41.2 Å². The quantitative estimate of drug-likeness (QED) is 0.101. The summed E-state index contributed by atoms with van der Waals surface area (Å²) in [5.74, 6) is -3.53. The maximum absolute atomic E-state index is 13.8. The zero-order chi connectivity index (χ0) is 41.3. The fourth-order valence-electron chi connectivity index (χ4n) is 5.66. The first-order chi connectivity index (χ1) is 25.1. The summed E-state index contributed by atoms with van der Waals surface area (Å²) < 4.78 is 10.2. The minimum Gasteiger partial charge on any atom is -0.467 e. The van der Waals surface area contributed by atoms with Gasteiger partial charge in [-0.05, 0) is 69.3 Å². The van der Waals surface area contributed by atoms with Crippen molar-refractivity contribution in [1.29, 1.82) is 0 Å². The van der Waals surface area contributed by atoms with Crippen LogP contribution in [-0.2, 0) is 39.9 Å². The van der Waals surface area contributed by atoms with Crippen LogP contribution in [0.5, 0.6) is 0 Å². The van der Waals surface area contributed by atoms with E-state index in [4.69, 9.17) is 9.47 Å². The first-order valence-corrected chi connectivity index (χ1v) is 19.1. The zero-order valence-corrected chi connectivity index (χ0v) is 34.4. The maximum atomic E-state index is 13.8. The van der Waals surface area contributed by atoms with Gasteiger partial charge in [0.25, 0.3) is 0 Å². The number of methoxy groups -OCH3 is 1. The van der Waals surface area contributed by atoms with E-state index in [2.05, 4.69) is 26.6 Å². The Morgan fingerprint density at radius 2 is 1.30 bits per heavy atom. The molecule has 14 heteroatoms. The largest absolute Gasteiger partial charge is 0.467 e. The predicted octanol–water partition coefficient (Wildman–Crippen LogP) is 3.78. The fourth-order valence-corrected chi connectivity index (χ4v) is 5.66. The van der Waals surface area contributed by atoms with Crippen molar-refractivity contribution in [3.8, 4) is 0 Å². The molecular weight excluding hydrogens is 694 g/mol. The van der Waals surface area contributed by atoms with E-state index in [1.165, 1.54) is 7.11 Å². The zero-order valence-electron chi connectivity index (χ0n) is 34.4. The summed E-state index contributed by atoms with van der Waals surface area (Å²) in [6, 6.07) is 4.57. The molecule has 1 rings (SSSR count). The minimum atomic E-state index is -1.19. The van der Waals surface area contributed by atoms with Crippen LogP contribution >= 0.6 is 0 Å². The SMILES string of the molecule is CC[C@H](C)[C@H](NC(=O)CCC(O)C(Cc1ccccc1)NC(=O)[C@@H](NC(=O)[C@H](CC(C)C)NC(=O)OC(C)(C)C)C(C)C)C(=O)N[C@H](C(=O)OC)C(C)C. The predicted molar refractivity (Wildman–Crippen MR) is 207 cm³/mol. The molecule has 7 atom stereocenters. The van der Waals surface area contributed by atoms with Crippen molar-refractivity contribution in [2.24, 2.45) is 23.7 Å². The maximum Gasteiger partial charge on any atom is 0.408 e. The van der Waals surface area contributed by atoms with Gasteiger partial charge in [0.05, 0.1) is 19.3 Å². The number of nitrogens with one attached hydrogen (secondary N) is 5. The molecule has 2 unspecified atom stereocenters. The van der Waals surface area contributed by atoms with E-state index in [1.54, 1.807) is 48.5 Å². The molecule has 1 aromatic rings. The molecule has 0 aliphatic rings. The Bertz CT molecular complexity index is 1360. The van der Waals surface area contributed by atoms with E-state index < -0.39 is 77.6 Å². The van der Waals surface area contributed by atoms with E-state index in [0.29, 0.717) is 12.8 Å². The summed E-state index contributed by atoms with van der Waals surface area (Å²) >= 11 is 0. The monoisotopic (exact) mass is 761 g/mol. The second kappa shape index (κ2) is 22.9. The van der Waals surface area contributed by atoms with Crippen LogP contribution in [0.3, 0.4) is 0 Å².